The van der Waals surface area contributed by atoms with Crippen molar-refractivity contribution in [3.05, 3.63) is 18.5 Å². The van der Waals surface area contributed by atoms with Gasteiger partial charge in [-0.05, 0) is 6.07 Å². The van der Waals surface area contributed by atoms with Gasteiger partial charge in [0.25, 0.3) is 0 Å². The summed E-state index contributed by atoms with van der Waals surface area (Å²) in [5.74, 6) is 0.0549. The first-order chi connectivity index (χ1) is 10.3. The molecule has 116 valence electrons. The van der Waals surface area contributed by atoms with Crippen LogP contribution in [0.1, 0.15) is 6.42 Å². The van der Waals surface area contributed by atoms with Gasteiger partial charge in [-0.25, -0.2) is 0 Å². The van der Waals surface area contributed by atoms with E-state index in [2.05, 4.69) is 15.3 Å². The Hall–Kier alpha value is -1.44. The van der Waals surface area contributed by atoms with E-state index < -0.39 is 0 Å². The third kappa shape index (κ3) is 3.81. The Balaban J connectivity index is 1.47. The molecule has 1 aromatic heterocycles. The molecule has 0 unspecified atom stereocenters. The lowest BCUT2D eigenvalue weighted by atomic mass is 10.1. The van der Waals surface area contributed by atoms with Crippen molar-refractivity contribution in [2.75, 3.05) is 39.5 Å². The summed E-state index contributed by atoms with van der Waals surface area (Å²) in [6.07, 6.45) is 4.02. The van der Waals surface area contributed by atoms with Gasteiger partial charge in [0, 0.05) is 38.4 Å². The van der Waals surface area contributed by atoms with Crippen molar-refractivity contribution in [2.45, 2.75) is 25.0 Å². The predicted molar refractivity (Wildman–Crippen MR) is 75.8 cm³/mol. The van der Waals surface area contributed by atoms with Crippen molar-refractivity contribution in [1.29, 1.82) is 0 Å². The molecule has 2 saturated heterocycles. The molecule has 3 rings (SSSR count). The average molecular weight is 294 g/mol. The highest BCUT2D eigenvalue weighted by molar-refractivity contribution is 5.76. The van der Waals surface area contributed by atoms with E-state index in [1.54, 1.807) is 10.9 Å². The van der Waals surface area contributed by atoms with Crippen LogP contribution in [0.25, 0.3) is 0 Å². The van der Waals surface area contributed by atoms with Crippen molar-refractivity contribution in [2.24, 2.45) is 0 Å². The molecule has 2 aliphatic heterocycles. The molecule has 2 fully saturated rings. The standard InChI is InChI=1S/C14H22N4O3/c19-14(2-5-18-4-1-3-15-18)16-12-10-21-11-13(12)17-6-8-20-9-7-17/h1,3-4,12-13H,2,5-11H2,(H,16,19)/t12-,13-/m0/s1. The van der Waals surface area contributed by atoms with E-state index in [4.69, 9.17) is 9.47 Å². The Kier molecular flexibility index (Phi) is 4.84. The molecule has 3 heterocycles. The van der Waals surface area contributed by atoms with Gasteiger partial charge in [-0.3, -0.25) is 14.4 Å². The lowest BCUT2D eigenvalue weighted by Crippen LogP contribution is -2.54. The van der Waals surface area contributed by atoms with Gasteiger partial charge < -0.3 is 14.8 Å². The van der Waals surface area contributed by atoms with Crippen molar-refractivity contribution in [3.8, 4) is 0 Å². The van der Waals surface area contributed by atoms with Crippen LogP contribution >= 0.6 is 0 Å². The van der Waals surface area contributed by atoms with Crippen molar-refractivity contribution in [3.63, 3.8) is 0 Å². The SMILES string of the molecule is O=C(CCn1cccn1)N[C@H]1COC[C@@H]1N1CCOCC1. The molecule has 2 atom stereocenters. The first kappa shape index (κ1) is 14.5. The highest BCUT2D eigenvalue weighted by Gasteiger charge is 2.34. The minimum absolute atomic E-state index is 0.0549. The third-order valence-electron chi connectivity index (χ3n) is 4.04. The lowest BCUT2D eigenvalue weighted by molar-refractivity contribution is -0.122. The molecular weight excluding hydrogens is 272 g/mol. The topological polar surface area (TPSA) is 68.6 Å². The van der Waals surface area contributed by atoms with Crippen LogP contribution < -0.4 is 5.32 Å². The second-order valence-electron chi connectivity index (χ2n) is 5.45. The first-order valence-corrected chi connectivity index (χ1v) is 7.49. The second-order valence-corrected chi connectivity index (χ2v) is 5.45. The van der Waals surface area contributed by atoms with Gasteiger partial charge in [0.1, 0.15) is 0 Å². The summed E-state index contributed by atoms with van der Waals surface area (Å²) in [5.41, 5.74) is 0. The monoisotopic (exact) mass is 294 g/mol. The Labute approximate surface area is 124 Å². The Morgan fingerprint density at radius 2 is 2.14 bits per heavy atom. The van der Waals surface area contributed by atoms with Crippen LogP contribution in [0.3, 0.4) is 0 Å². The van der Waals surface area contributed by atoms with Crippen LogP contribution in [0.2, 0.25) is 0 Å². The van der Waals surface area contributed by atoms with E-state index in [0.29, 0.717) is 26.2 Å². The number of aromatic nitrogens is 2. The van der Waals surface area contributed by atoms with E-state index in [0.717, 1.165) is 26.3 Å². The zero-order valence-electron chi connectivity index (χ0n) is 12.1. The number of hydrogen-bond donors (Lipinski definition) is 1. The molecular formula is C14H22N4O3. The molecule has 1 N–H and O–H groups in total. The van der Waals surface area contributed by atoms with Crippen LogP contribution in [-0.2, 0) is 20.8 Å². The number of morpholine rings is 1. The van der Waals surface area contributed by atoms with Crippen LogP contribution in [0.15, 0.2) is 18.5 Å². The summed E-state index contributed by atoms with van der Waals surface area (Å²) in [6, 6.07) is 2.20. The Morgan fingerprint density at radius 1 is 1.29 bits per heavy atom. The van der Waals surface area contributed by atoms with E-state index in [1.807, 2.05) is 12.3 Å². The Bertz CT molecular complexity index is 445. The summed E-state index contributed by atoms with van der Waals surface area (Å²) in [6.45, 7) is 5.22. The maximum atomic E-state index is 12.1. The zero-order chi connectivity index (χ0) is 14.5. The molecule has 0 aromatic carbocycles. The summed E-state index contributed by atoms with van der Waals surface area (Å²) >= 11 is 0. The summed E-state index contributed by atoms with van der Waals surface area (Å²) < 4.78 is 12.7. The van der Waals surface area contributed by atoms with E-state index >= 15 is 0 Å². The molecule has 1 amide bonds. The third-order valence-corrected chi connectivity index (χ3v) is 4.04. The second kappa shape index (κ2) is 7.02. The van der Waals surface area contributed by atoms with Gasteiger partial charge in [0.2, 0.25) is 5.91 Å². The van der Waals surface area contributed by atoms with E-state index in [1.165, 1.54) is 0 Å². The normalized spacial score (nSPS) is 26.9. The van der Waals surface area contributed by atoms with Gasteiger partial charge in [0.15, 0.2) is 0 Å². The maximum absolute atomic E-state index is 12.1. The number of rotatable bonds is 5. The van der Waals surface area contributed by atoms with Gasteiger partial charge in [-0.1, -0.05) is 0 Å². The first-order valence-electron chi connectivity index (χ1n) is 7.49. The van der Waals surface area contributed by atoms with Crippen LogP contribution in [-0.4, -0.2) is 72.2 Å². The number of ether oxygens (including phenoxy) is 2. The van der Waals surface area contributed by atoms with Crippen molar-refractivity contribution >= 4 is 5.91 Å². The average Bonchev–Trinajstić information content (AvgIpc) is 3.17. The largest absolute Gasteiger partial charge is 0.379 e. The highest BCUT2D eigenvalue weighted by Crippen LogP contribution is 2.15. The molecule has 0 saturated carbocycles. The number of carbonyl (C=O) groups excluding carboxylic acids is 1. The number of carbonyl (C=O) groups is 1. The van der Waals surface area contributed by atoms with Crippen LogP contribution in [0, 0.1) is 0 Å². The highest BCUT2D eigenvalue weighted by atomic mass is 16.5. The number of hydrogen-bond acceptors (Lipinski definition) is 5. The van der Waals surface area contributed by atoms with E-state index in [9.17, 15) is 4.79 Å². The number of amides is 1. The van der Waals surface area contributed by atoms with Crippen LogP contribution in [0.4, 0.5) is 0 Å². The molecule has 0 bridgehead atoms. The molecule has 7 heteroatoms. The van der Waals surface area contributed by atoms with E-state index in [-0.39, 0.29) is 18.0 Å². The van der Waals surface area contributed by atoms with Crippen molar-refractivity contribution in [1.82, 2.24) is 20.0 Å². The molecule has 7 nitrogen and oxygen atoms in total. The number of nitrogens with one attached hydrogen (secondary N) is 1. The minimum atomic E-state index is 0.0549. The van der Waals surface area contributed by atoms with Gasteiger partial charge in [-0.15, -0.1) is 0 Å². The molecule has 0 radical (unpaired) electrons. The summed E-state index contributed by atoms with van der Waals surface area (Å²) in [5, 5.41) is 7.20. The zero-order valence-corrected chi connectivity index (χ0v) is 12.1. The lowest BCUT2D eigenvalue weighted by Gasteiger charge is -2.34. The predicted octanol–water partition coefficient (Wildman–Crippen LogP) is -0.511. The van der Waals surface area contributed by atoms with Gasteiger partial charge >= 0.3 is 0 Å². The molecule has 2 aliphatic rings. The molecule has 21 heavy (non-hydrogen) atoms. The Morgan fingerprint density at radius 3 is 2.90 bits per heavy atom. The smallest absolute Gasteiger partial charge is 0.222 e. The maximum Gasteiger partial charge on any atom is 0.222 e. The fourth-order valence-corrected chi connectivity index (χ4v) is 2.88. The van der Waals surface area contributed by atoms with Gasteiger partial charge in [0.05, 0.1) is 38.5 Å². The number of aryl methyl sites for hydroxylation is 1. The molecule has 0 spiro atoms. The fraction of sp³-hybridized carbons (Fsp3) is 0.714. The minimum Gasteiger partial charge on any atom is -0.379 e. The summed E-state index contributed by atoms with van der Waals surface area (Å²) in [7, 11) is 0. The summed E-state index contributed by atoms with van der Waals surface area (Å²) in [4.78, 5) is 14.4. The number of nitrogens with zero attached hydrogens (tertiary/aromatic N) is 3. The van der Waals surface area contributed by atoms with Crippen molar-refractivity contribution < 1.29 is 14.3 Å². The molecule has 1 aromatic rings. The van der Waals surface area contributed by atoms with Crippen LogP contribution in [0.5, 0.6) is 0 Å². The quantitative estimate of drug-likeness (QED) is 0.792. The molecule has 0 aliphatic carbocycles. The van der Waals surface area contributed by atoms with Gasteiger partial charge in [-0.2, -0.15) is 5.10 Å². The fourth-order valence-electron chi connectivity index (χ4n) is 2.88.